The number of nitrogens with zero attached hydrogens (tertiary/aromatic N) is 2. The van der Waals surface area contributed by atoms with Crippen molar-refractivity contribution in [2.24, 2.45) is 5.10 Å². The normalized spacial score (nSPS) is 12.3. The molecular formula is C20H15N3O5S. The molecule has 4 rings (SSSR count). The Morgan fingerprint density at radius 2 is 1.97 bits per heavy atom. The third-order valence-corrected chi connectivity index (χ3v) is 5.28. The summed E-state index contributed by atoms with van der Waals surface area (Å²) in [6, 6.07) is 12.3. The number of nitro groups is 1. The number of thiophene rings is 1. The fraction of sp³-hybridized carbons (Fsp3) is 0.100. The summed E-state index contributed by atoms with van der Waals surface area (Å²) < 4.78 is 10.4. The van der Waals surface area contributed by atoms with Gasteiger partial charge in [0.25, 0.3) is 11.6 Å². The summed E-state index contributed by atoms with van der Waals surface area (Å²) in [6.45, 7) is 1.95. The van der Waals surface area contributed by atoms with Crippen LogP contribution in [0.2, 0.25) is 0 Å². The highest BCUT2D eigenvalue weighted by atomic mass is 32.1. The lowest BCUT2D eigenvalue weighted by molar-refractivity contribution is -0.385. The van der Waals surface area contributed by atoms with Crippen molar-refractivity contribution in [2.45, 2.75) is 6.92 Å². The molecule has 0 atom stereocenters. The average Bonchev–Trinajstić information content (AvgIpc) is 3.33. The molecule has 0 saturated heterocycles. The van der Waals surface area contributed by atoms with Crippen molar-refractivity contribution in [1.82, 2.24) is 5.43 Å². The van der Waals surface area contributed by atoms with Gasteiger partial charge in [0.05, 0.1) is 28.3 Å². The minimum Gasteiger partial charge on any atom is -0.454 e. The maximum Gasteiger partial charge on any atom is 0.282 e. The maximum atomic E-state index is 12.7. The number of ether oxygens (including phenoxy) is 2. The van der Waals surface area contributed by atoms with Gasteiger partial charge in [0.15, 0.2) is 11.5 Å². The van der Waals surface area contributed by atoms with Crippen molar-refractivity contribution in [2.75, 3.05) is 6.79 Å². The number of amides is 1. The molecule has 0 radical (unpaired) electrons. The predicted molar refractivity (Wildman–Crippen MR) is 109 cm³/mol. The molecule has 1 aliphatic rings. The topological polar surface area (TPSA) is 103 Å². The van der Waals surface area contributed by atoms with E-state index >= 15 is 0 Å². The largest absolute Gasteiger partial charge is 0.454 e. The van der Waals surface area contributed by atoms with Gasteiger partial charge in [-0.1, -0.05) is 30.3 Å². The molecule has 0 spiro atoms. The van der Waals surface area contributed by atoms with Gasteiger partial charge in [0.1, 0.15) is 0 Å². The van der Waals surface area contributed by atoms with Crippen molar-refractivity contribution in [1.29, 1.82) is 0 Å². The molecule has 0 unspecified atom stereocenters. The minimum atomic E-state index is -0.541. The van der Waals surface area contributed by atoms with Crippen LogP contribution in [-0.2, 0) is 0 Å². The van der Waals surface area contributed by atoms with E-state index in [2.05, 4.69) is 10.5 Å². The Morgan fingerprint density at radius 1 is 1.24 bits per heavy atom. The lowest BCUT2D eigenvalue weighted by atomic mass is 10.0. The number of hydrogen-bond donors (Lipinski definition) is 1. The SMILES string of the molecule is Cc1scc(C(=O)NN=Cc2cc3c(cc2[N+](=O)[O-])OCO3)c1-c1ccccc1. The lowest BCUT2D eigenvalue weighted by Gasteiger charge is -2.05. The molecule has 0 saturated carbocycles. The first kappa shape index (κ1) is 18.6. The molecule has 2 aromatic carbocycles. The van der Waals surface area contributed by atoms with Crippen LogP contribution >= 0.6 is 11.3 Å². The second kappa shape index (κ2) is 7.72. The molecule has 0 aliphatic carbocycles. The number of rotatable bonds is 5. The zero-order valence-corrected chi connectivity index (χ0v) is 16.1. The number of carbonyl (C=O) groups excluding carboxylic acids is 1. The summed E-state index contributed by atoms with van der Waals surface area (Å²) in [7, 11) is 0. The highest BCUT2D eigenvalue weighted by molar-refractivity contribution is 7.10. The first-order valence-electron chi connectivity index (χ1n) is 8.59. The first-order chi connectivity index (χ1) is 14.0. The monoisotopic (exact) mass is 409 g/mol. The van der Waals surface area contributed by atoms with Gasteiger partial charge in [-0.05, 0) is 18.6 Å². The number of hydrogen-bond acceptors (Lipinski definition) is 7. The fourth-order valence-corrected chi connectivity index (χ4v) is 3.88. The Kier molecular flexibility index (Phi) is 4.96. The van der Waals surface area contributed by atoms with Gasteiger partial charge >= 0.3 is 0 Å². The van der Waals surface area contributed by atoms with Gasteiger partial charge in [-0.25, -0.2) is 5.43 Å². The maximum absolute atomic E-state index is 12.7. The van der Waals surface area contributed by atoms with Crippen molar-refractivity contribution >= 4 is 29.1 Å². The molecule has 29 heavy (non-hydrogen) atoms. The summed E-state index contributed by atoms with van der Waals surface area (Å²) in [5.74, 6) is 0.301. The number of nitrogens with one attached hydrogen (secondary N) is 1. The molecular weight excluding hydrogens is 394 g/mol. The summed E-state index contributed by atoms with van der Waals surface area (Å²) in [4.78, 5) is 24.4. The molecule has 1 aliphatic heterocycles. The Morgan fingerprint density at radius 3 is 2.69 bits per heavy atom. The molecule has 3 aromatic rings. The number of aryl methyl sites for hydroxylation is 1. The second-order valence-electron chi connectivity index (χ2n) is 6.17. The van der Waals surface area contributed by atoms with E-state index in [0.717, 1.165) is 16.0 Å². The highest BCUT2D eigenvalue weighted by Gasteiger charge is 2.23. The predicted octanol–water partition coefficient (Wildman–Crippen LogP) is 4.12. The summed E-state index contributed by atoms with van der Waals surface area (Å²) in [6.07, 6.45) is 1.22. The third-order valence-electron chi connectivity index (χ3n) is 4.37. The molecule has 8 nitrogen and oxygen atoms in total. The van der Waals surface area contributed by atoms with E-state index in [1.165, 1.54) is 29.7 Å². The highest BCUT2D eigenvalue weighted by Crippen LogP contribution is 2.37. The number of benzene rings is 2. The van der Waals surface area contributed by atoms with E-state index in [0.29, 0.717) is 17.1 Å². The van der Waals surface area contributed by atoms with Gasteiger partial charge < -0.3 is 9.47 Å². The fourth-order valence-electron chi connectivity index (χ4n) is 3.01. The van der Waals surface area contributed by atoms with E-state index < -0.39 is 10.8 Å². The molecule has 0 bridgehead atoms. The summed E-state index contributed by atoms with van der Waals surface area (Å²) >= 11 is 1.47. The Hall–Kier alpha value is -3.72. The van der Waals surface area contributed by atoms with Crippen LogP contribution in [0.5, 0.6) is 11.5 Å². The van der Waals surface area contributed by atoms with Crippen LogP contribution in [0.15, 0.2) is 52.9 Å². The average molecular weight is 409 g/mol. The van der Waals surface area contributed by atoms with Gasteiger partial charge in [0, 0.05) is 15.8 Å². The van der Waals surface area contributed by atoms with Gasteiger partial charge in [0.2, 0.25) is 6.79 Å². The van der Waals surface area contributed by atoms with E-state index in [1.54, 1.807) is 5.38 Å². The Balaban J connectivity index is 1.57. The molecule has 1 aromatic heterocycles. The van der Waals surface area contributed by atoms with Gasteiger partial charge in [-0.15, -0.1) is 11.3 Å². The molecule has 9 heteroatoms. The van der Waals surface area contributed by atoms with Crippen molar-refractivity contribution < 1.29 is 19.2 Å². The second-order valence-corrected chi connectivity index (χ2v) is 7.25. The zero-order valence-electron chi connectivity index (χ0n) is 15.2. The van der Waals surface area contributed by atoms with Crippen molar-refractivity contribution in [3.8, 4) is 22.6 Å². The van der Waals surface area contributed by atoms with Crippen molar-refractivity contribution in [3.05, 3.63) is 74.0 Å². The molecule has 146 valence electrons. The number of nitro benzene ring substituents is 1. The molecule has 0 fully saturated rings. The standard InChI is InChI=1S/C20H15N3O5S/c1-12-19(13-5-3-2-4-6-13)15(10-29-12)20(24)22-21-9-14-7-17-18(28-11-27-17)8-16(14)23(25)26/h2-10H,11H2,1H3,(H,22,24). The van der Waals surface area contributed by atoms with E-state index in [1.807, 2.05) is 37.3 Å². The summed E-state index contributed by atoms with van der Waals surface area (Å²) in [5.41, 5.74) is 4.73. The van der Waals surface area contributed by atoms with Crippen LogP contribution < -0.4 is 14.9 Å². The number of carbonyl (C=O) groups is 1. The molecule has 1 amide bonds. The van der Waals surface area contributed by atoms with Crippen LogP contribution in [0.4, 0.5) is 5.69 Å². The van der Waals surface area contributed by atoms with E-state index in [9.17, 15) is 14.9 Å². The van der Waals surface area contributed by atoms with Gasteiger partial charge in [-0.3, -0.25) is 14.9 Å². The number of hydrazone groups is 1. The van der Waals surface area contributed by atoms with Gasteiger partial charge in [-0.2, -0.15) is 5.10 Å². The van der Waals surface area contributed by atoms with Crippen LogP contribution in [0, 0.1) is 17.0 Å². The Bertz CT molecular complexity index is 1120. The Labute approximate surface area is 169 Å². The van der Waals surface area contributed by atoms with Crippen molar-refractivity contribution in [3.63, 3.8) is 0 Å². The minimum absolute atomic E-state index is 0.00356. The van der Waals surface area contributed by atoms with Crippen LogP contribution in [0.1, 0.15) is 20.8 Å². The third kappa shape index (κ3) is 3.67. The van der Waals surface area contributed by atoms with Crippen LogP contribution in [-0.4, -0.2) is 23.8 Å². The quantitative estimate of drug-likeness (QED) is 0.388. The first-order valence-corrected chi connectivity index (χ1v) is 9.47. The lowest BCUT2D eigenvalue weighted by Crippen LogP contribution is -2.18. The van der Waals surface area contributed by atoms with E-state index in [-0.39, 0.29) is 18.0 Å². The molecule has 1 N–H and O–H groups in total. The number of fused-ring (bicyclic) bond motifs is 1. The molecule has 2 heterocycles. The van der Waals surface area contributed by atoms with Crippen LogP contribution in [0.25, 0.3) is 11.1 Å². The summed E-state index contributed by atoms with van der Waals surface area (Å²) in [5, 5.41) is 17.0. The zero-order chi connectivity index (χ0) is 20.4. The van der Waals surface area contributed by atoms with E-state index in [4.69, 9.17) is 9.47 Å². The smallest absolute Gasteiger partial charge is 0.282 e. The van der Waals surface area contributed by atoms with Crippen LogP contribution in [0.3, 0.4) is 0 Å².